The number of hydrogen-bond donors (Lipinski definition) is 2. The van der Waals surface area contributed by atoms with E-state index in [9.17, 15) is 9.59 Å². The maximum Gasteiger partial charge on any atom is 0.271 e. The summed E-state index contributed by atoms with van der Waals surface area (Å²) >= 11 is 5.97. The van der Waals surface area contributed by atoms with Crippen LogP contribution in [0.25, 0.3) is 0 Å². The second kappa shape index (κ2) is 8.52. The molecule has 8 heteroatoms. The minimum atomic E-state index is -0.451. The lowest BCUT2D eigenvalue weighted by atomic mass is 9.96. The van der Waals surface area contributed by atoms with E-state index in [1.165, 1.54) is 0 Å². The third-order valence-corrected chi connectivity index (χ3v) is 4.81. The minimum absolute atomic E-state index is 0.189. The van der Waals surface area contributed by atoms with Gasteiger partial charge in [-0.05, 0) is 37.1 Å². The van der Waals surface area contributed by atoms with E-state index in [2.05, 4.69) is 20.7 Å². The second-order valence-electron chi connectivity index (χ2n) is 6.20. The molecule has 2 amide bonds. The number of carbonyl (C=O) groups is 2. The van der Waals surface area contributed by atoms with Gasteiger partial charge in [0.05, 0.1) is 16.1 Å². The molecule has 1 aromatic heterocycles. The van der Waals surface area contributed by atoms with Crippen LogP contribution in [0.3, 0.4) is 0 Å². The molecule has 0 bridgehead atoms. The Bertz CT molecular complexity index is 870. The van der Waals surface area contributed by atoms with Crippen molar-refractivity contribution in [3.63, 3.8) is 0 Å². The summed E-state index contributed by atoms with van der Waals surface area (Å²) in [5, 5.41) is 9.15. The first-order valence-electron chi connectivity index (χ1n) is 8.54. The fourth-order valence-electron chi connectivity index (χ4n) is 2.94. The molecule has 0 atom stereocenters. The van der Waals surface area contributed by atoms with Gasteiger partial charge >= 0.3 is 0 Å². The molecule has 138 valence electrons. The van der Waals surface area contributed by atoms with Gasteiger partial charge in [0.1, 0.15) is 11.9 Å². The molecule has 1 aliphatic rings. The molecule has 3 rings (SSSR count). The average Bonchev–Trinajstić information content (AvgIpc) is 2.72. The molecule has 0 spiro atoms. The number of pyridine rings is 1. The number of nitrogens with one attached hydrogen (secondary N) is 2. The van der Waals surface area contributed by atoms with E-state index in [0.29, 0.717) is 42.1 Å². The van der Waals surface area contributed by atoms with E-state index in [1.54, 1.807) is 36.5 Å². The molecule has 2 heterocycles. The summed E-state index contributed by atoms with van der Waals surface area (Å²) in [6.45, 7) is 1.35. The molecule has 1 aliphatic heterocycles. The highest BCUT2D eigenvalue weighted by Gasteiger charge is 2.26. The largest absolute Gasteiger partial charge is 0.357 e. The van der Waals surface area contributed by atoms with Crippen molar-refractivity contribution in [2.24, 2.45) is 5.92 Å². The Morgan fingerprint density at radius 1 is 1.15 bits per heavy atom. The van der Waals surface area contributed by atoms with Gasteiger partial charge in [-0.15, -0.1) is 0 Å². The minimum Gasteiger partial charge on any atom is -0.357 e. The topological polar surface area (TPSA) is 98.1 Å². The lowest BCUT2D eigenvalue weighted by Crippen LogP contribution is -2.47. The van der Waals surface area contributed by atoms with Gasteiger partial charge in [-0.3, -0.25) is 20.4 Å². The highest BCUT2D eigenvalue weighted by atomic mass is 35.5. The Labute approximate surface area is 161 Å². The molecule has 1 fully saturated rings. The van der Waals surface area contributed by atoms with Crippen LogP contribution in [0.4, 0.5) is 5.82 Å². The molecule has 0 unspecified atom stereocenters. The van der Waals surface area contributed by atoms with Gasteiger partial charge in [0.25, 0.3) is 5.91 Å². The van der Waals surface area contributed by atoms with Gasteiger partial charge in [-0.2, -0.15) is 5.26 Å². The Hall–Kier alpha value is -3.11. The number of nitrogens with zero attached hydrogens (tertiary/aromatic N) is 3. The summed E-state index contributed by atoms with van der Waals surface area (Å²) in [7, 11) is 0. The van der Waals surface area contributed by atoms with Gasteiger partial charge in [0.2, 0.25) is 5.91 Å². The van der Waals surface area contributed by atoms with Crippen LogP contribution in [0.1, 0.15) is 28.8 Å². The number of amides is 2. The van der Waals surface area contributed by atoms with E-state index < -0.39 is 5.91 Å². The number of benzene rings is 1. The van der Waals surface area contributed by atoms with Crippen molar-refractivity contribution >= 4 is 29.2 Å². The molecule has 1 aromatic carbocycles. The Morgan fingerprint density at radius 3 is 2.52 bits per heavy atom. The zero-order valence-electron chi connectivity index (χ0n) is 14.5. The monoisotopic (exact) mass is 383 g/mol. The summed E-state index contributed by atoms with van der Waals surface area (Å²) in [6, 6.07) is 12.2. The summed E-state index contributed by atoms with van der Waals surface area (Å²) in [5.74, 6) is -0.0675. The lowest BCUT2D eigenvalue weighted by molar-refractivity contribution is -0.126. The summed E-state index contributed by atoms with van der Waals surface area (Å²) < 4.78 is 0. The smallest absolute Gasteiger partial charge is 0.271 e. The van der Waals surface area contributed by atoms with Gasteiger partial charge in [-0.25, -0.2) is 4.98 Å². The van der Waals surface area contributed by atoms with Gasteiger partial charge in [-0.1, -0.05) is 23.7 Å². The van der Waals surface area contributed by atoms with Gasteiger partial charge in [0.15, 0.2) is 0 Å². The number of aromatic nitrogens is 1. The molecule has 2 N–H and O–H groups in total. The molecule has 7 nitrogen and oxygen atoms in total. The molecule has 0 aliphatic carbocycles. The van der Waals surface area contributed by atoms with E-state index in [1.807, 2.05) is 12.1 Å². The Balaban J connectivity index is 1.49. The van der Waals surface area contributed by atoms with Gasteiger partial charge in [0, 0.05) is 25.2 Å². The number of rotatable bonds is 3. The highest BCUT2D eigenvalue weighted by Crippen LogP contribution is 2.22. The van der Waals surface area contributed by atoms with Crippen LogP contribution in [0, 0.1) is 17.2 Å². The van der Waals surface area contributed by atoms with Gasteiger partial charge < -0.3 is 4.90 Å². The summed E-state index contributed by atoms with van der Waals surface area (Å²) in [4.78, 5) is 30.8. The highest BCUT2D eigenvalue weighted by molar-refractivity contribution is 6.33. The third-order valence-electron chi connectivity index (χ3n) is 4.48. The number of piperidine rings is 1. The zero-order chi connectivity index (χ0) is 19.2. The van der Waals surface area contributed by atoms with E-state index in [0.717, 1.165) is 5.82 Å². The first-order valence-corrected chi connectivity index (χ1v) is 8.92. The molecule has 0 radical (unpaired) electrons. The summed E-state index contributed by atoms with van der Waals surface area (Å²) in [6.07, 6.45) is 2.84. The predicted octanol–water partition coefficient (Wildman–Crippen LogP) is 2.28. The maximum atomic E-state index is 12.3. The second-order valence-corrected chi connectivity index (χ2v) is 6.61. The van der Waals surface area contributed by atoms with Crippen molar-refractivity contribution in [2.45, 2.75) is 12.8 Å². The summed E-state index contributed by atoms with van der Waals surface area (Å²) in [5.41, 5.74) is 5.72. The van der Waals surface area contributed by atoms with Crippen molar-refractivity contribution in [1.29, 1.82) is 5.26 Å². The molecule has 27 heavy (non-hydrogen) atoms. The fourth-order valence-corrected chi connectivity index (χ4v) is 3.16. The van der Waals surface area contributed by atoms with E-state index in [4.69, 9.17) is 16.9 Å². The molecule has 2 aromatic rings. The quantitative estimate of drug-likeness (QED) is 0.792. The van der Waals surface area contributed by atoms with Crippen molar-refractivity contribution in [1.82, 2.24) is 15.8 Å². The molecule has 1 saturated heterocycles. The number of nitriles is 1. The number of anilines is 1. The van der Waals surface area contributed by atoms with Crippen LogP contribution < -0.4 is 15.8 Å². The van der Waals surface area contributed by atoms with Crippen LogP contribution in [0.15, 0.2) is 42.6 Å². The van der Waals surface area contributed by atoms with Crippen molar-refractivity contribution in [2.75, 3.05) is 18.0 Å². The standard InChI is InChI=1S/C19H18ClN5O2/c20-16-4-2-1-3-15(16)19(27)24-23-18(26)14-7-9-25(10-8-14)17-6-5-13(11-21)12-22-17/h1-6,12,14H,7-10H2,(H,23,26)(H,24,27). The Morgan fingerprint density at radius 2 is 1.89 bits per heavy atom. The van der Waals surface area contributed by atoms with Crippen LogP contribution in [0.2, 0.25) is 5.02 Å². The van der Waals surface area contributed by atoms with Crippen molar-refractivity contribution < 1.29 is 9.59 Å². The molecular formula is C19H18ClN5O2. The molecule has 0 saturated carbocycles. The Kier molecular flexibility index (Phi) is 5.89. The normalized spacial score (nSPS) is 14.3. The van der Waals surface area contributed by atoms with Crippen LogP contribution in [-0.4, -0.2) is 29.9 Å². The van der Waals surface area contributed by atoms with E-state index in [-0.39, 0.29) is 11.8 Å². The fraction of sp³-hybridized carbons (Fsp3) is 0.263. The number of carbonyl (C=O) groups excluding carboxylic acids is 2. The molecular weight excluding hydrogens is 366 g/mol. The SMILES string of the molecule is N#Cc1ccc(N2CCC(C(=O)NNC(=O)c3ccccc3Cl)CC2)nc1. The number of halogens is 1. The third kappa shape index (κ3) is 4.54. The van der Waals surface area contributed by atoms with Crippen LogP contribution in [0.5, 0.6) is 0 Å². The lowest BCUT2D eigenvalue weighted by Gasteiger charge is -2.32. The maximum absolute atomic E-state index is 12.3. The van der Waals surface area contributed by atoms with Crippen molar-refractivity contribution in [3.05, 3.63) is 58.7 Å². The first kappa shape index (κ1) is 18.7. The number of hydrogen-bond acceptors (Lipinski definition) is 5. The zero-order valence-corrected chi connectivity index (χ0v) is 15.2. The number of hydrazine groups is 1. The van der Waals surface area contributed by atoms with E-state index >= 15 is 0 Å². The first-order chi connectivity index (χ1) is 13.1. The van der Waals surface area contributed by atoms with Crippen LogP contribution in [-0.2, 0) is 4.79 Å². The predicted molar refractivity (Wildman–Crippen MR) is 101 cm³/mol. The van der Waals surface area contributed by atoms with Crippen molar-refractivity contribution in [3.8, 4) is 6.07 Å². The average molecular weight is 384 g/mol. The van der Waals surface area contributed by atoms with Crippen LogP contribution >= 0.6 is 11.6 Å².